The van der Waals surface area contributed by atoms with Crippen LogP contribution >= 0.6 is 0 Å². The number of amides is 1. The van der Waals surface area contributed by atoms with Crippen molar-refractivity contribution < 1.29 is 14.3 Å². The molecule has 160 valence electrons. The number of benzene rings is 2. The van der Waals surface area contributed by atoms with E-state index in [-0.39, 0.29) is 11.9 Å². The van der Waals surface area contributed by atoms with Crippen molar-refractivity contribution in [1.29, 1.82) is 0 Å². The number of ether oxygens (including phenoxy) is 2. The highest BCUT2D eigenvalue weighted by Gasteiger charge is 2.25. The summed E-state index contributed by atoms with van der Waals surface area (Å²) in [5.74, 6) is 2.27. The normalized spacial score (nSPS) is 12.6. The Morgan fingerprint density at radius 2 is 1.70 bits per heavy atom. The van der Waals surface area contributed by atoms with Gasteiger partial charge in [0.05, 0.1) is 30.2 Å². The topological polar surface area (TPSA) is 65.4 Å². The van der Waals surface area contributed by atoms with Crippen LogP contribution in [0.3, 0.4) is 0 Å². The zero-order valence-electron chi connectivity index (χ0n) is 18.4. The third kappa shape index (κ3) is 4.93. The van der Waals surface area contributed by atoms with Gasteiger partial charge in [0.2, 0.25) is 5.91 Å². The average Bonchev–Trinajstić information content (AvgIpc) is 3.07. The lowest BCUT2D eigenvalue weighted by Gasteiger charge is -2.22. The predicted octanol–water partition coefficient (Wildman–Crippen LogP) is 4.74. The van der Waals surface area contributed by atoms with Crippen molar-refractivity contribution in [2.24, 2.45) is 5.41 Å². The van der Waals surface area contributed by atoms with E-state index in [1.165, 1.54) is 0 Å². The van der Waals surface area contributed by atoms with E-state index in [1.54, 1.807) is 0 Å². The Morgan fingerprint density at radius 1 is 1.07 bits per heavy atom. The standard InChI is InChI=1S/C24H31N3O3/c1-6-29-20-13-9-10-14-21(20)30-16-15-27-19-12-8-7-11-18(19)26-22(27)17(2)25-23(28)24(3,4)5/h7-14,17H,6,15-16H2,1-5H3,(H,25,28). The van der Waals surface area contributed by atoms with Gasteiger partial charge in [0.25, 0.3) is 0 Å². The lowest BCUT2D eigenvalue weighted by molar-refractivity contribution is -0.129. The third-order valence-electron chi connectivity index (χ3n) is 4.82. The van der Waals surface area contributed by atoms with Gasteiger partial charge in [-0.05, 0) is 38.1 Å². The summed E-state index contributed by atoms with van der Waals surface area (Å²) in [6, 6.07) is 15.4. The number of nitrogens with one attached hydrogen (secondary N) is 1. The third-order valence-corrected chi connectivity index (χ3v) is 4.82. The second-order valence-electron chi connectivity index (χ2n) is 8.28. The molecule has 0 aliphatic rings. The molecule has 0 saturated carbocycles. The summed E-state index contributed by atoms with van der Waals surface area (Å²) >= 11 is 0. The zero-order valence-corrected chi connectivity index (χ0v) is 18.4. The van der Waals surface area contributed by atoms with E-state index in [0.717, 1.165) is 28.4 Å². The lowest BCUT2D eigenvalue weighted by atomic mass is 9.95. The van der Waals surface area contributed by atoms with Crippen LogP contribution in [0, 0.1) is 5.41 Å². The first-order valence-electron chi connectivity index (χ1n) is 10.4. The maximum Gasteiger partial charge on any atom is 0.225 e. The number of fused-ring (bicyclic) bond motifs is 1. The largest absolute Gasteiger partial charge is 0.490 e. The highest BCUT2D eigenvalue weighted by Crippen LogP contribution is 2.27. The van der Waals surface area contributed by atoms with Crippen LogP contribution in [0.5, 0.6) is 11.5 Å². The number of para-hydroxylation sites is 4. The summed E-state index contributed by atoms with van der Waals surface area (Å²) in [7, 11) is 0. The molecule has 0 fully saturated rings. The van der Waals surface area contributed by atoms with E-state index in [9.17, 15) is 4.79 Å². The molecule has 2 aromatic carbocycles. The fourth-order valence-corrected chi connectivity index (χ4v) is 3.23. The molecule has 0 bridgehead atoms. The maximum absolute atomic E-state index is 12.5. The molecule has 6 nitrogen and oxygen atoms in total. The number of hydrogen-bond acceptors (Lipinski definition) is 4. The summed E-state index contributed by atoms with van der Waals surface area (Å²) in [5, 5.41) is 3.09. The van der Waals surface area contributed by atoms with Crippen LogP contribution in [-0.2, 0) is 11.3 Å². The van der Waals surface area contributed by atoms with Crippen LogP contribution in [-0.4, -0.2) is 28.7 Å². The molecule has 1 N–H and O–H groups in total. The van der Waals surface area contributed by atoms with Gasteiger partial charge < -0.3 is 19.4 Å². The Bertz CT molecular complexity index is 1000. The van der Waals surface area contributed by atoms with Crippen LogP contribution in [0.25, 0.3) is 11.0 Å². The van der Waals surface area contributed by atoms with Gasteiger partial charge in [-0.15, -0.1) is 0 Å². The van der Waals surface area contributed by atoms with E-state index in [4.69, 9.17) is 14.5 Å². The highest BCUT2D eigenvalue weighted by atomic mass is 16.5. The smallest absolute Gasteiger partial charge is 0.225 e. The number of hydrogen-bond donors (Lipinski definition) is 1. The Balaban J connectivity index is 1.81. The molecular formula is C24H31N3O3. The number of nitrogens with zero attached hydrogens (tertiary/aromatic N) is 2. The number of rotatable bonds is 8. The molecule has 0 spiro atoms. The molecule has 6 heteroatoms. The maximum atomic E-state index is 12.5. The summed E-state index contributed by atoms with van der Waals surface area (Å²) in [6.07, 6.45) is 0. The first-order valence-corrected chi connectivity index (χ1v) is 10.4. The lowest BCUT2D eigenvalue weighted by Crippen LogP contribution is -2.37. The number of aromatic nitrogens is 2. The van der Waals surface area contributed by atoms with Crippen LogP contribution in [0.1, 0.15) is 46.5 Å². The van der Waals surface area contributed by atoms with Crippen LogP contribution in [0.2, 0.25) is 0 Å². The quantitative estimate of drug-likeness (QED) is 0.584. The molecule has 1 atom stereocenters. The number of carbonyl (C=O) groups excluding carboxylic acids is 1. The summed E-state index contributed by atoms with van der Waals surface area (Å²) in [4.78, 5) is 17.3. The first-order chi connectivity index (χ1) is 14.3. The van der Waals surface area contributed by atoms with Gasteiger partial charge in [0.1, 0.15) is 12.4 Å². The molecule has 0 saturated heterocycles. The molecular weight excluding hydrogens is 378 g/mol. The Labute approximate surface area is 178 Å². The minimum absolute atomic E-state index is 0.00417. The Morgan fingerprint density at radius 3 is 2.37 bits per heavy atom. The van der Waals surface area contributed by atoms with Gasteiger partial charge in [-0.3, -0.25) is 4.79 Å². The monoisotopic (exact) mass is 409 g/mol. The molecule has 1 amide bonds. The van der Waals surface area contributed by atoms with Gasteiger partial charge in [0.15, 0.2) is 11.5 Å². The molecule has 0 aliphatic carbocycles. The van der Waals surface area contributed by atoms with Gasteiger partial charge >= 0.3 is 0 Å². The molecule has 1 unspecified atom stereocenters. The summed E-state index contributed by atoms with van der Waals surface area (Å²) in [5.41, 5.74) is 1.46. The van der Waals surface area contributed by atoms with Gasteiger partial charge in [-0.2, -0.15) is 0 Å². The van der Waals surface area contributed by atoms with Crippen molar-refractivity contribution in [2.75, 3.05) is 13.2 Å². The van der Waals surface area contributed by atoms with Crippen LogP contribution in [0.4, 0.5) is 0 Å². The van der Waals surface area contributed by atoms with Crippen LogP contribution < -0.4 is 14.8 Å². The van der Waals surface area contributed by atoms with E-state index in [1.807, 2.05) is 83.1 Å². The summed E-state index contributed by atoms with van der Waals surface area (Å²) in [6.45, 7) is 11.3. The number of imidazole rings is 1. The molecule has 1 heterocycles. The van der Waals surface area contributed by atoms with E-state index in [0.29, 0.717) is 19.8 Å². The summed E-state index contributed by atoms with van der Waals surface area (Å²) < 4.78 is 13.8. The zero-order chi connectivity index (χ0) is 21.7. The van der Waals surface area contributed by atoms with Crippen molar-refractivity contribution in [1.82, 2.24) is 14.9 Å². The minimum Gasteiger partial charge on any atom is -0.490 e. The Kier molecular flexibility index (Phi) is 6.65. The molecule has 3 aromatic rings. The second-order valence-corrected chi connectivity index (χ2v) is 8.28. The highest BCUT2D eigenvalue weighted by molar-refractivity contribution is 5.82. The second kappa shape index (κ2) is 9.20. The minimum atomic E-state index is -0.461. The van der Waals surface area contributed by atoms with Gasteiger partial charge in [-0.1, -0.05) is 45.0 Å². The molecule has 3 rings (SSSR count). The first kappa shape index (κ1) is 21.7. The van der Waals surface area contributed by atoms with Crippen molar-refractivity contribution in [3.8, 4) is 11.5 Å². The fraction of sp³-hybridized carbons (Fsp3) is 0.417. The van der Waals surface area contributed by atoms with Crippen molar-refractivity contribution in [3.05, 3.63) is 54.4 Å². The van der Waals surface area contributed by atoms with E-state index >= 15 is 0 Å². The molecule has 0 aliphatic heterocycles. The fourth-order valence-electron chi connectivity index (χ4n) is 3.23. The van der Waals surface area contributed by atoms with Gasteiger partial charge in [0, 0.05) is 5.41 Å². The Hall–Kier alpha value is -3.02. The van der Waals surface area contributed by atoms with Gasteiger partial charge in [-0.25, -0.2) is 4.98 Å². The predicted molar refractivity (Wildman–Crippen MR) is 119 cm³/mol. The molecule has 30 heavy (non-hydrogen) atoms. The average molecular weight is 410 g/mol. The molecule has 1 aromatic heterocycles. The van der Waals surface area contributed by atoms with E-state index in [2.05, 4.69) is 9.88 Å². The van der Waals surface area contributed by atoms with E-state index < -0.39 is 5.41 Å². The molecule has 0 radical (unpaired) electrons. The van der Waals surface area contributed by atoms with Crippen molar-refractivity contribution >= 4 is 16.9 Å². The van der Waals surface area contributed by atoms with Crippen molar-refractivity contribution in [3.63, 3.8) is 0 Å². The number of carbonyl (C=O) groups is 1. The van der Waals surface area contributed by atoms with Crippen LogP contribution in [0.15, 0.2) is 48.5 Å². The SMILES string of the molecule is CCOc1ccccc1OCCn1c(C(C)NC(=O)C(C)(C)C)nc2ccccc21. The van der Waals surface area contributed by atoms with Crippen molar-refractivity contribution in [2.45, 2.75) is 47.2 Å².